The Labute approximate surface area is 109 Å². The fraction of sp³-hybridized carbons (Fsp3) is 0.923. The van der Waals surface area contributed by atoms with Crippen molar-refractivity contribution >= 4 is 5.91 Å². The minimum absolute atomic E-state index is 0.149. The van der Waals surface area contributed by atoms with Gasteiger partial charge in [-0.1, -0.05) is 0 Å². The van der Waals surface area contributed by atoms with Crippen molar-refractivity contribution in [2.24, 2.45) is 0 Å². The highest BCUT2D eigenvalue weighted by Crippen LogP contribution is 2.16. The van der Waals surface area contributed by atoms with Gasteiger partial charge in [-0.05, 0) is 26.7 Å². The molecule has 0 spiro atoms. The highest BCUT2D eigenvalue weighted by Gasteiger charge is 2.31. The van der Waals surface area contributed by atoms with Crippen molar-refractivity contribution in [3.8, 4) is 0 Å². The maximum absolute atomic E-state index is 12.1. The molecule has 0 saturated carbocycles. The van der Waals surface area contributed by atoms with E-state index in [1.54, 1.807) is 0 Å². The molecular weight excluding hydrogens is 232 g/mol. The summed E-state index contributed by atoms with van der Waals surface area (Å²) >= 11 is 0. The second kappa shape index (κ2) is 5.55. The van der Waals surface area contributed by atoms with Crippen LogP contribution in [0.4, 0.5) is 0 Å². The first-order valence-corrected chi connectivity index (χ1v) is 6.81. The SMILES string of the molecule is CC(C)(O)CN1CCN(C(=O)C2CCCO2)CC1. The molecule has 2 saturated heterocycles. The predicted octanol–water partition coefficient (Wildman–Crippen LogP) is 0.0805. The lowest BCUT2D eigenvalue weighted by Gasteiger charge is -2.38. The van der Waals surface area contributed by atoms with E-state index in [1.165, 1.54) is 0 Å². The van der Waals surface area contributed by atoms with Crippen LogP contribution in [0.25, 0.3) is 0 Å². The molecule has 5 nitrogen and oxygen atoms in total. The second-order valence-electron chi connectivity index (χ2n) is 5.92. The fourth-order valence-electron chi connectivity index (χ4n) is 2.65. The number of carbonyl (C=O) groups excluding carboxylic acids is 1. The topological polar surface area (TPSA) is 53.0 Å². The maximum Gasteiger partial charge on any atom is 0.251 e. The average Bonchev–Trinajstić information content (AvgIpc) is 2.80. The molecule has 104 valence electrons. The van der Waals surface area contributed by atoms with Crippen LogP contribution in [0.3, 0.4) is 0 Å². The number of carbonyl (C=O) groups is 1. The van der Waals surface area contributed by atoms with Gasteiger partial charge in [0.05, 0.1) is 5.60 Å². The molecule has 5 heteroatoms. The number of ether oxygens (including phenoxy) is 1. The molecular formula is C13H24N2O3. The van der Waals surface area contributed by atoms with Crippen molar-refractivity contribution in [2.45, 2.75) is 38.4 Å². The van der Waals surface area contributed by atoms with Crippen molar-refractivity contribution in [1.82, 2.24) is 9.80 Å². The molecule has 1 unspecified atom stereocenters. The third kappa shape index (κ3) is 3.67. The lowest BCUT2D eigenvalue weighted by molar-refractivity contribution is -0.143. The summed E-state index contributed by atoms with van der Waals surface area (Å²) in [4.78, 5) is 16.2. The van der Waals surface area contributed by atoms with E-state index in [0.717, 1.165) is 45.6 Å². The Morgan fingerprint density at radius 3 is 2.50 bits per heavy atom. The first kappa shape index (κ1) is 13.8. The van der Waals surface area contributed by atoms with Crippen LogP contribution in [-0.4, -0.2) is 71.8 Å². The lowest BCUT2D eigenvalue weighted by atomic mass is 10.1. The monoisotopic (exact) mass is 256 g/mol. The lowest BCUT2D eigenvalue weighted by Crippen LogP contribution is -2.53. The molecule has 2 heterocycles. The quantitative estimate of drug-likeness (QED) is 0.777. The Bertz CT molecular complexity index is 287. The highest BCUT2D eigenvalue weighted by atomic mass is 16.5. The third-order valence-electron chi connectivity index (χ3n) is 3.50. The van der Waals surface area contributed by atoms with E-state index in [-0.39, 0.29) is 12.0 Å². The summed E-state index contributed by atoms with van der Waals surface area (Å²) in [6, 6.07) is 0. The maximum atomic E-state index is 12.1. The highest BCUT2D eigenvalue weighted by molar-refractivity contribution is 5.81. The molecule has 0 aromatic carbocycles. The van der Waals surface area contributed by atoms with Gasteiger partial charge in [-0.15, -0.1) is 0 Å². The molecule has 0 aliphatic carbocycles. The third-order valence-corrected chi connectivity index (χ3v) is 3.50. The summed E-state index contributed by atoms with van der Waals surface area (Å²) in [5, 5.41) is 9.78. The molecule has 0 bridgehead atoms. The second-order valence-corrected chi connectivity index (χ2v) is 5.92. The van der Waals surface area contributed by atoms with Crippen LogP contribution in [0.15, 0.2) is 0 Å². The van der Waals surface area contributed by atoms with Gasteiger partial charge in [0.15, 0.2) is 0 Å². The normalized spacial score (nSPS) is 26.6. The van der Waals surface area contributed by atoms with Crippen molar-refractivity contribution in [1.29, 1.82) is 0 Å². The van der Waals surface area contributed by atoms with Gasteiger partial charge in [0.1, 0.15) is 6.10 Å². The molecule has 1 amide bonds. The van der Waals surface area contributed by atoms with Crippen molar-refractivity contribution in [3.63, 3.8) is 0 Å². The molecule has 1 N–H and O–H groups in total. The Balaban J connectivity index is 1.77. The Hall–Kier alpha value is -0.650. The van der Waals surface area contributed by atoms with Crippen molar-refractivity contribution < 1.29 is 14.6 Å². The van der Waals surface area contributed by atoms with Crippen LogP contribution in [0.2, 0.25) is 0 Å². The zero-order valence-electron chi connectivity index (χ0n) is 11.4. The van der Waals surface area contributed by atoms with E-state index in [9.17, 15) is 9.90 Å². The summed E-state index contributed by atoms with van der Waals surface area (Å²) in [5.74, 6) is 0.149. The van der Waals surface area contributed by atoms with Gasteiger partial charge in [-0.3, -0.25) is 9.69 Å². The molecule has 2 aliphatic rings. The van der Waals surface area contributed by atoms with Gasteiger partial charge in [0.25, 0.3) is 5.91 Å². The average molecular weight is 256 g/mol. The first-order valence-electron chi connectivity index (χ1n) is 6.81. The van der Waals surface area contributed by atoms with E-state index in [0.29, 0.717) is 6.54 Å². The van der Waals surface area contributed by atoms with E-state index >= 15 is 0 Å². The largest absolute Gasteiger partial charge is 0.389 e. The summed E-state index contributed by atoms with van der Waals surface area (Å²) in [6.45, 7) is 8.17. The van der Waals surface area contributed by atoms with Crippen LogP contribution in [0, 0.1) is 0 Å². The molecule has 18 heavy (non-hydrogen) atoms. The van der Waals surface area contributed by atoms with E-state index in [2.05, 4.69) is 4.90 Å². The summed E-state index contributed by atoms with van der Waals surface area (Å²) in [6.07, 6.45) is 1.66. The van der Waals surface area contributed by atoms with E-state index in [4.69, 9.17) is 4.74 Å². The van der Waals surface area contributed by atoms with Gasteiger partial charge >= 0.3 is 0 Å². The first-order chi connectivity index (χ1) is 8.46. The van der Waals surface area contributed by atoms with Crippen LogP contribution >= 0.6 is 0 Å². The Kier molecular flexibility index (Phi) is 4.25. The zero-order valence-corrected chi connectivity index (χ0v) is 11.4. The fourth-order valence-corrected chi connectivity index (χ4v) is 2.65. The van der Waals surface area contributed by atoms with Gasteiger partial charge in [-0.2, -0.15) is 0 Å². The summed E-state index contributed by atoms with van der Waals surface area (Å²) in [5.41, 5.74) is -0.666. The van der Waals surface area contributed by atoms with Gasteiger partial charge in [-0.25, -0.2) is 0 Å². The number of nitrogens with zero attached hydrogens (tertiary/aromatic N) is 2. The van der Waals surface area contributed by atoms with E-state index < -0.39 is 5.60 Å². The molecule has 2 aliphatic heterocycles. The van der Waals surface area contributed by atoms with Crippen LogP contribution in [0.5, 0.6) is 0 Å². The van der Waals surface area contributed by atoms with Crippen molar-refractivity contribution in [2.75, 3.05) is 39.3 Å². The minimum Gasteiger partial charge on any atom is -0.389 e. The number of hydrogen-bond donors (Lipinski definition) is 1. The number of piperazine rings is 1. The number of rotatable bonds is 3. The summed E-state index contributed by atoms with van der Waals surface area (Å²) in [7, 11) is 0. The smallest absolute Gasteiger partial charge is 0.251 e. The van der Waals surface area contributed by atoms with Gasteiger partial charge in [0, 0.05) is 39.3 Å². The van der Waals surface area contributed by atoms with Crippen molar-refractivity contribution in [3.05, 3.63) is 0 Å². The van der Waals surface area contributed by atoms with Gasteiger partial charge in [0.2, 0.25) is 0 Å². The standard InChI is InChI=1S/C13H24N2O3/c1-13(2,17)10-14-5-7-15(8-6-14)12(16)11-4-3-9-18-11/h11,17H,3-10H2,1-2H3. The van der Waals surface area contributed by atoms with E-state index in [1.807, 2.05) is 18.7 Å². The Morgan fingerprint density at radius 2 is 2.00 bits per heavy atom. The molecule has 0 aromatic rings. The van der Waals surface area contributed by atoms with Crippen LogP contribution in [-0.2, 0) is 9.53 Å². The molecule has 1 atom stereocenters. The number of aliphatic hydroxyl groups is 1. The molecule has 2 rings (SSSR count). The van der Waals surface area contributed by atoms with Crippen LogP contribution < -0.4 is 0 Å². The molecule has 2 fully saturated rings. The minimum atomic E-state index is -0.666. The summed E-state index contributed by atoms with van der Waals surface area (Å²) < 4.78 is 5.43. The van der Waals surface area contributed by atoms with Crippen LogP contribution in [0.1, 0.15) is 26.7 Å². The number of β-amino-alcohol motifs (C(OH)–C–C–N with tert-alkyl or cyclic N) is 1. The number of amides is 1. The number of hydrogen-bond acceptors (Lipinski definition) is 4. The Morgan fingerprint density at radius 1 is 1.33 bits per heavy atom. The zero-order chi connectivity index (χ0) is 13.2. The van der Waals surface area contributed by atoms with Gasteiger partial charge < -0.3 is 14.7 Å². The molecule has 0 radical (unpaired) electrons. The predicted molar refractivity (Wildman–Crippen MR) is 68.3 cm³/mol. The molecule has 0 aromatic heterocycles.